The average molecular weight is 280 g/mol. The van der Waals surface area contributed by atoms with Crippen LogP contribution in [0, 0.1) is 11.3 Å². The summed E-state index contributed by atoms with van der Waals surface area (Å²) < 4.78 is 0.799. The van der Waals surface area contributed by atoms with E-state index in [9.17, 15) is 4.79 Å². The normalized spacial score (nSPS) is 11.4. The van der Waals surface area contributed by atoms with Gasteiger partial charge < -0.3 is 4.90 Å². The van der Waals surface area contributed by atoms with Crippen LogP contribution in [0.4, 0.5) is 0 Å². The van der Waals surface area contributed by atoms with Crippen LogP contribution in [0.3, 0.4) is 0 Å². The van der Waals surface area contributed by atoms with E-state index in [0.29, 0.717) is 12.0 Å². The molecule has 0 radical (unpaired) electrons. The van der Waals surface area contributed by atoms with Gasteiger partial charge in [-0.05, 0) is 22.0 Å². The van der Waals surface area contributed by atoms with E-state index in [1.54, 1.807) is 31.4 Å². The second kappa shape index (κ2) is 5.42. The number of halogens is 1. The summed E-state index contributed by atoms with van der Waals surface area (Å²) in [6, 6.07) is 3.69. The molecule has 0 spiro atoms. The highest BCUT2D eigenvalue weighted by Gasteiger charge is 2.11. The van der Waals surface area contributed by atoms with E-state index in [1.165, 1.54) is 0 Å². The first-order valence-electron chi connectivity index (χ1n) is 4.48. The van der Waals surface area contributed by atoms with Gasteiger partial charge in [0.05, 0.1) is 5.70 Å². The van der Waals surface area contributed by atoms with Gasteiger partial charge in [-0.3, -0.25) is 9.78 Å². The van der Waals surface area contributed by atoms with Crippen LogP contribution in [-0.2, 0) is 4.79 Å². The summed E-state index contributed by atoms with van der Waals surface area (Å²) in [6.07, 6.45) is 3.81. The maximum atomic E-state index is 10.8. The molecule has 16 heavy (non-hydrogen) atoms. The van der Waals surface area contributed by atoms with Gasteiger partial charge in [-0.25, -0.2) is 0 Å². The molecule has 1 aromatic heterocycles. The van der Waals surface area contributed by atoms with Crippen LogP contribution >= 0.6 is 15.9 Å². The van der Waals surface area contributed by atoms with E-state index in [1.807, 2.05) is 12.1 Å². The fourth-order valence-electron chi connectivity index (χ4n) is 1.33. The van der Waals surface area contributed by atoms with Crippen LogP contribution in [0.25, 0.3) is 5.70 Å². The average Bonchev–Trinajstić information content (AvgIpc) is 2.24. The highest BCUT2D eigenvalue weighted by atomic mass is 79.9. The molecule has 1 rings (SSSR count). The lowest BCUT2D eigenvalue weighted by Crippen LogP contribution is -2.13. The van der Waals surface area contributed by atoms with Crippen molar-refractivity contribution in [3.63, 3.8) is 0 Å². The molecule has 0 aliphatic heterocycles. The Bertz CT molecular complexity index is 474. The van der Waals surface area contributed by atoms with Crippen LogP contribution in [0.5, 0.6) is 0 Å². The lowest BCUT2D eigenvalue weighted by atomic mass is 10.1. The second-order valence-electron chi connectivity index (χ2n) is 3.28. The minimum atomic E-state index is 0.0879. The molecule has 0 amide bonds. The summed E-state index contributed by atoms with van der Waals surface area (Å²) in [5.41, 5.74) is 1.37. The molecule has 0 bridgehead atoms. The SMILES string of the molecule is CN(C)C(=C(C#N)C=O)c1cncc(Br)c1. The number of hydrogen-bond acceptors (Lipinski definition) is 4. The molecule has 0 N–H and O–H groups in total. The molecular weight excluding hydrogens is 270 g/mol. The van der Waals surface area contributed by atoms with E-state index < -0.39 is 0 Å². The Hall–Kier alpha value is -1.67. The number of carbonyl (C=O) groups is 1. The van der Waals surface area contributed by atoms with E-state index in [4.69, 9.17) is 5.26 Å². The maximum absolute atomic E-state index is 10.8. The van der Waals surface area contributed by atoms with Crippen LogP contribution in [-0.4, -0.2) is 30.3 Å². The Morgan fingerprint density at radius 3 is 2.69 bits per heavy atom. The van der Waals surface area contributed by atoms with Gasteiger partial charge in [0.1, 0.15) is 11.6 Å². The molecule has 1 aromatic rings. The number of rotatable bonds is 3. The van der Waals surface area contributed by atoms with Gasteiger partial charge >= 0.3 is 0 Å². The summed E-state index contributed by atoms with van der Waals surface area (Å²) in [6.45, 7) is 0. The summed E-state index contributed by atoms with van der Waals surface area (Å²) in [5, 5.41) is 8.88. The van der Waals surface area contributed by atoms with Crippen molar-refractivity contribution in [2.45, 2.75) is 0 Å². The van der Waals surface area contributed by atoms with Crippen LogP contribution < -0.4 is 0 Å². The Balaban J connectivity index is 3.40. The Labute approximate surface area is 102 Å². The molecule has 0 atom stereocenters. The zero-order chi connectivity index (χ0) is 12.1. The quantitative estimate of drug-likeness (QED) is 0.481. The number of nitrogens with zero attached hydrogens (tertiary/aromatic N) is 3. The van der Waals surface area contributed by atoms with Crippen LogP contribution in [0.2, 0.25) is 0 Å². The van der Waals surface area contributed by atoms with Gasteiger partial charge in [0.2, 0.25) is 0 Å². The largest absolute Gasteiger partial charge is 0.376 e. The zero-order valence-electron chi connectivity index (χ0n) is 8.94. The Morgan fingerprint density at radius 1 is 1.56 bits per heavy atom. The van der Waals surface area contributed by atoms with E-state index >= 15 is 0 Å². The third-order valence-corrected chi connectivity index (χ3v) is 2.35. The van der Waals surface area contributed by atoms with Gasteiger partial charge in [0.15, 0.2) is 6.29 Å². The molecule has 5 heteroatoms. The van der Waals surface area contributed by atoms with E-state index in [-0.39, 0.29) is 5.57 Å². The van der Waals surface area contributed by atoms with Crippen LogP contribution in [0.1, 0.15) is 5.56 Å². The van der Waals surface area contributed by atoms with Crippen molar-refractivity contribution in [3.05, 3.63) is 34.1 Å². The Morgan fingerprint density at radius 2 is 2.25 bits per heavy atom. The third kappa shape index (κ3) is 2.67. The predicted octanol–water partition coefficient (Wildman–Crippen LogP) is 1.84. The van der Waals surface area contributed by atoms with Crippen LogP contribution in [0.15, 0.2) is 28.5 Å². The van der Waals surface area contributed by atoms with Gasteiger partial charge in [0.25, 0.3) is 0 Å². The molecular formula is C11H10BrN3O. The highest BCUT2D eigenvalue weighted by Crippen LogP contribution is 2.21. The van der Waals surface area contributed by atoms with Crippen molar-refractivity contribution in [1.82, 2.24) is 9.88 Å². The number of pyridine rings is 1. The second-order valence-corrected chi connectivity index (χ2v) is 4.19. The van der Waals surface area contributed by atoms with Crippen molar-refractivity contribution in [2.75, 3.05) is 14.1 Å². The smallest absolute Gasteiger partial charge is 0.162 e. The van der Waals surface area contributed by atoms with Crippen molar-refractivity contribution < 1.29 is 4.79 Å². The van der Waals surface area contributed by atoms with E-state index in [0.717, 1.165) is 10.0 Å². The molecule has 0 saturated carbocycles. The molecule has 0 saturated heterocycles. The topological polar surface area (TPSA) is 57.0 Å². The first-order chi connectivity index (χ1) is 7.60. The zero-order valence-corrected chi connectivity index (χ0v) is 10.5. The molecule has 0 aliphatic rings. The molecule has 82 valence electrons. The minimum Gasteiger partial charge on any atom is -0.376 e. The predicted molar refractivity (Wildman–Crippen MR) is 64.2 cm³/mol. The molecule has 0 aromatic carbocycles. The number of aromatic nitrogens is 1. The molecule has 0 fully saturated rings. The van der Waals surface area contributed by atoms with Gasteiger partial charge in [-0.15, -0.1) is 0 Å². The lowest BCUT2D eigenvalue weighted by Gasteiger charge is -2.17. The van der Waals surface area contributed by atoms with Gasteiger partial charge in [0, 0.05) is 36.5 Å². The summed E-state index contributed by atoms with van der Waals surface area (Å²) >= 11 is 3.30. The summed E-state index contributed by atoms with van der Waals surface area (Å²) in [4.78, 5) is 16.5. The molecule has 4 nitrogen and oxygen atoms in total. The Kier molecular flexibility index (Phi) is 4.20. The standard InChI is InChI=1S/C11H10BrN3O/c1-15(2)11(9(4-13)7-16)8-3-10(12)6-14-5-8/h3,5-7H,1-2H3. The fraction of sp³-hybridized carbons (Fsp3) is 0.182. The van der Waals surface area contributed by atoms with Gasteiger partial charge in [-0.1, -0.05) is 0 Å². The number of nitriles is 1. The number of hydrogen-bond donors (Lipinski definition) is 0. The van der Waals surface area contributed by atoms with Crippen molar-refractivity contribution in [1.29, 1.82) is 5.26 Å². The monoisotopic (exact) mass is 279 g/mol. The first kappa shape index (κ1) is 12.4. The maximum Gasteiger partial charge on any atom is 0.162 e. The summed E-state index contributed by atoms with van der Waals surface area (Å²) in [5.74, 6) is 0. The molecule has 0 aliphatic carbocycles. The number of carbonyl (C=O) groups excluding carboxylic acids is 1. The van der Waals surface area contributed by atoms with Crippen molar-refractivity contribution in [2.24, 2.45) is 0 Å². The minimum absolute atomic E-state index is 0.0879. The highest BCUT2D eigenvalue weighted by molar-refractivity contribution is 9.10. The first-order valence-corrected chi connectivity index (χ1v) is 5.27. The van der Waals surface area contributed by atoms with Crippen molar-refractivity contribution in [3.8, 4) is 6.07 Å². The number of aldehydes is 1. The van der Waals surface area contributed by atoms with E-state index in [2.05, 4.69) is 20.9 Å². The lowest BCUT2D eigenvalue weighted by molar-refractivity contribution is -0.104. The fourth-order valence-corrected chi connectivity index (χ4v) is 1.70. The summed E-state index contributed by atoms with van der Waals surface area (Å²) in [7, 11) is 3.55. The third-order valence-electron chi connectivity index (χ3n) is 1.92. The number of allylic oxidation sites excluding steroid dienone is 1. The molecule has 0 unspecified atom stereocenters. The van der Waals surface area contributed by atoms with Gasteiger partial charge in [-0.2, -0.15) is 5.26 Å². The molecule has 1 heterocycles. The van der Waals surface area contributed by atoms with Crippen molar-refractivity contribution >= 4 is 27.9 Å².